The summed E-state index contributed by atoms with van der Waals surface area (Å²) >= 11 is 0. The minimum atomic E-state index is -0.644. The van der Waals surface area contributed by atoms with Crippen LogP contribution in [-0.2, 0) is 0 Å². The maximum atomic E-state index is 9.89. The van der Waals surface area contributed by atoms with E-state index in [1.807, 2.05) is 78.9 Å². The van der Waals surface area contributed by atoms with Gasteiger partial charge in [-0.05, 0) is 69.0 Å². The molecule has 5 nitrogen and oxygen atoms in total. The molecule has 0 atom stereocenters. The van der Waals surface area contributed by atoms with Gasteiger partial charge >= 0.3 is 0 Å². The molecule has 0 aliphatic carbocycles. The van der Waals surface area contributed by atoms with Crippen molar-refractivity contribution in [2.45, 2.75) is 0 Å². The zero-order valence-electron chi connectivity index (χ0n) is 39.9. The zero-order valence-corrected chi connectivity index (χ0v) is 26.9. The van der Waals surface area contributed by atoms with E-state index < -0.39 is 72.5 Å². The third-order valence-corrected chi connectivity index (χ3v) is 9.30. The summed E-state index contributed by atoms with van der Waals surface area (Å²) in [6.07, 6.45) is 0. The molecule has 0 saturated carbocycles. The molecular formula is C47H28N4O. The Hall–Kier alpha value is -7.11. The van der Waals surface area contributed by atoms with Crippen molar-refractivity contribution in [3.8, 4) is 39.9 Å². The quantitative estimate of drug-likeness (QED) is 0.186. The molecule has 0 N–H and O–H groups in total. The average molecular weight is 678 g/mol. The van der Waals surface area contributed by atoms with Crippen LogP contribution in [0.25, 0.3) is 105 Å². The van der Waals surface area contributed by atoms with Crippen LogP contribution in [0.3, 0.4) is 0 Å². The highest BCUT2D eigenvalue weighted by Crippen LogP contribution is 2.42. The predicted octanol–water partition coefficient (Wildman–Crippen LogP) is 12.2. The summed E-state index contributed by atoms with van der Waals surface area (Å²) in [7, 11) is 0. The van der Waals surface area contributed by atoms with Crippen molar-refractivity contribution in [2.24, 2.45) is 0 Å². The van der Waals surface area contributed by atoms with Gasteiger partial charge in [-0.25, -0.2) is 4.98 Å². The summed E-state index contributed by atoms with van der Waals surface area (Å²) in [6.45, 7) is 0. The molecule has 3 heterocycles. The maximum absolute atomic E-state index is 9.89. The number of fused-ring (bicyclic) bond motifs is 9. The Morgan fingerprint density at radius 1 is 0.462 bits per heavy atom. The Kier molecular flexibility index (Phi) is 4.04. The SMILES string of the molecule is [2H]c1c([2H])c([2H])c(-c2nc(-c3c([2H])c([2H])c4oc5c([2H])c(-c6cccc7ccccc67)c6c([2H])c([2H])c([2H])c([2H])c6c5c4c3[2H])nc(-n3c4ccccc4c4ccccc43)n2)c([2H])c1[2H]. The molecule has 11 rings (SSSR count). The summed E-state index contributed by atoms with van der Waals surface area (Å²) in [5, 5.41) is 2.88. The Labute approximate surface area is 316 Å². The van der Waals surface area contributed by atoms with Crippen molar-refractivity contribution in [1.29, 1.82) is 0 Å². The van der Waals surface area contributed by atoms with Gasteiger partial charge in [0.2, 0.25) is 5.95 Å². The van der Waals surface area contributed by atoms with E-state index in [-0.39, 0.29) is 73.0 Å². The molecule has 5 heteroatoms. The minimum Gasteiger partial charge on any atom is -0.456 e. The molecule has 11 aromatic rings. The second-order valence-corrected chi connectivity index (χ2v) is 12.2. The lowest BCUT2D eigenvalue weighted by Gasteiger charge is -2.12. The topological polar surface area (TPSA) is 56.7 Å². The molecule has 8 aromatic carbocycles. The van der Waals surface area contributed by atoms with Gasteiger partial charge in [-0.15, -0.1) is 0 Å². The van der Waals surface area contributed by atoms with Crippen molar-refractivity contribution >= 4 is 65.3 Å². The lowest BCUT2D eigenvalue weighted by atomic mass is 9.92. The van der Waals surface area contributed by atoms with Crippen LogP contribution >= 0.6 is 0 Å². The van der Waals surface area contributed by atoms with Crippen LogP contribution < -0.4 is 0 Å². The lowest BCUT2D eigenvalue weighted by molar-refractivity contribution is 0.669. The van der Waals surface area contributed by atoms with Gasteiger partial charge in [0.1, 0.15) is 11.2 Å². The maximum Gasteiger partial charge on any atom is 0.238 e. The second kappa shape index (κ2) is 11.2. The van der Waals surface area contributed by atoms with E-state index in [4.69, 9.17) is 24.0 Å². The van der Waals surface area contributed by atoms with Crippen molar-refractivity contribution < 1.29 is 22.2 Å². The summed E-state index contributed by atoms with van der Waals surface area (Å²) in [4.78, 5) is 14.2. The average Bonchev–Trinajstić information content (AvgIpc) is 3.88. The summed E-state index contributed by atoms with van der Waals surface area (Å²) in [6, 6.07) is 20.6. The fourth-order valence-corrected chi connectivity index (χ4v) is 7.05. The second-order valence-electron chi connectivity index (χ2n) is 12.2. The van der Waals surface area contributed by atoms with Gasteiger partial charge in [0.05, 0.1) is 28.9 Å². The lowest BCUT2D eigenvalue weighted by Crippen LogP contribution is -2.06. The molecule has 0 amide bonds. The third kappa shape index (κ3) is 4.33. The van der Waals surface area contributed by atoms with E-state index in [9.17, 15) is 8.22 Å². The summed E-state index contributed by atoms with van der Waals surface area (Å²) in [5.74, 6) is -0.841. The van der Waals surface area contributed by atoms with E-state index in [2.05, 4.69) is 4.98 Å². The molecule has 0 bridgehead atoms. The van der Waals surface area contributed by atoms with Gasteiger partial charge in [-0.1, -0.05) is 133 Å². The molecule has 0 radical (unpaired) electrons. The molecule has 0 aliphatic heterocycles. The van der Waals surface area contributed by atoms with E-state index in [0.29, 0.717) is 22.0 Å². The fraction of sp³-hybridized carbons (Fsp3) is 0. The molecule has 3 aromatic heterocycles. The Bertz CT molecular complexity index is 3870. The van der Waals surface area contributed by atoms with Gasteiger partial charge in [-0.2, -0.15) is 9.97 Å². The molecule has 0 spiro atoms. The Balaban J connectivity index is 1.30. The van der Waals surface area contributed by atoms with E-state index in [1.165, 1.54) is 0 Å². The Morgan fingerprint density at radius 2 is 1.12 bits per heavy atom. The number of aromatic nitrogens is 4. The molecule has 0 fully saturated rings. The van der Waals surface area contributed by atoms with Gasteiger partial charge in [0.15, 0.2) is 11.6 Å². The predicted molar refractivity (Wildman–Crippen MR) is 213 cm³/mol. The first kappa shape index (κ1) is 18.8. The first-order valence-electron chi connectivity index (χ1n) is 22.9. The summed E-state index contributed by atoms with van der Waals surface area (Å²) in [5.41, 5.74) is 0.725. The fourth-order valence-electron chi connectivity index (χ4n) is 7.05. The van der Waals surface area contributed by atoms with Crippen molar-refractivity contribution in [1.82, 2.24) is 19.5 Å². The number of benzene rings is 8. The molecule has 242 valence electrons. The van der Waals surface area contributed by atoms with Gasteiger partial charge in [0.25, 0.3) is 0 Å². The van der Waals surface area contributed by atoms with Crippen molar-refractivity contribution in [2.75, 3.05) is 0 Å². The van der Waals surface area contributed by atoms with E-state index in [0.717, 1.165) is 16.2 Å². The monoisotopic (exact) mass is 677 g/mol. The molecular weight excluding hydrogens is 637 g/mol. The number of rotatable bonds is 4. The van der Waals surface area contributed by atoms with Gasteiger partial charge in [0, 0.05) is 32.7 Å². The first-order chi connectivity index (χ1) is 31.2. The zero-order chi connectivity index (χ0) is 45.5. The molecule has 52 heavy (non-hydrogen) atoms. The van der Waals surface area contributed by atoms with Crippen LogP contribution in [0, 0.1) is 0 Å². The minimum absolute atomic E-state index is 0.00716. The normalized spacial score (nSPS) is 15.3. The van der Waals surface area contributed by atoms with Gasteiger partial charge in [-0.3, -0.25) is 4.57 Å². The summed E-state index contributed by atoms with van der Waals surface area (Å²) < 4.78 is 125. The molecule has 0 unspecified atom stereocenters. The van der Waals surface area contributed by atoms with E-state index >= 15 is 0 Å². The van der Waals surface area contributed by atoms with Crippen LogP contribution in [-0.4, -0.2) is 19.5 Å². The molecule has 0 saturated heterocycles. The number of para-hydroxylation sites is 2. The standard InChI is InChI=1S/C47H28N4O/c1-2-14-30(15-3-1)45-48-46(50-47(49-45)51-40-23-10-8-19-35(40)36-20-9-11-24-41(36)51)31-25-26-42-39(27-31)44-37-21-7-6-18-34(37)38(28-43(44)52-42)33-22-12-16-29-13-4-5-17-32(29)33/h1-28H/i1D,2D,3D,6D,7D,14D,15D,18D,21D,25D,26D,27D,28D. The van der Waals surface area contributed by atoms with Crippen molar-refractivity contribution in [3.05, 3.63) is 170 Å². The number of hydrogen-bond acceptors (Lipinski definition) is 4. The van der Waals surface area contributed by atoms with Crippen molar-refractivity contribution in [3.63, 3.8) is 0 Å². The van der Waals surface area contributed by atoms with Crippen LogP contribution in [0.2, 0.25) is 0 Å². The highest BCUT2D eigenvalue weighted by atomic mass is 16.3. The highest BCUT2D eigenvalue weighted by molar-refractivity contribution is 6.23. The van der Waals surface area contributed by atoms with Gasteiger partial charge < -0.3 is 4.42 Å². The molecule has 0 aliphatic rings. The van der Waals surface area contributed by atoms with E-state index in [1.54, 1.807) is 16.7 Å². The first-order valence-corrected chi connectivity index (χ1v) is 16.4. The van der Waals surface area contributed by atoms with Crippen LogP contribution in [0.1, 0.15) is 17.8 Å². The smallest absolute Gasteiger partial charge is 0.238 e. The van der Waals surface area contributed by atoms with Crippen LogP contribution in [0.4, 0.5) is 0 Å². The number of nitrogens with zero attached hydrogens (tertiary/aromatic N) is 4. The number of hydrogen-bond donors (Lipinski definition) is 0. The number of furan rings is 1. The largest absolute Gasteiger partial charge is 0.456 e. The Morgan fingerprint density at radius 3 is 1.90 bits per heavy atom. The third-order valence-electron chi connectivity index (χ3n) is 9.30. The van der Waals surface area contributed by atoms with Crippen LogP contribution in [0.5, 0.6) is 0 Å². The van der Waals surface area contributed by atoms with Crippen LogP contribution in [0.15, 0.2) is 174 Å². The highest BCUT2D eigenvalue weighted by Gasteiger charge is 2.20.